The topological polar surface area (TPSA) is 125 Å². The third kappa shape index (κ3) is 2.30. The Kier molecular flexibility index (Phi) is 3.53. The minimum absolute atomic E-state index is 0.00829. The fourth-order valence-electron chi connectivity index (χ4n) is 2.33. The van der Waals surface area contributed by atoms with Crippen LogP contribution >= 0.6 is 11.8 Å². The first-order valence-electron chi connectivity index (χ1n) is 6.34. The first-order chi connectivity index (χ1) is 10.5. The number of amides is 1. The Morgan fingerprint density at radius 2 is 2.36 bits per heavy atom. The molecule has 1 aromatic heterocycles. The predicted molar refractivity (Wildman–Crippen MR) is 75.5 cm³/mol. The van der Waals surface area contributed by atoms with E-state index in [0.29, 0.717) is 5.95 Å². The normalized spacial score (nSPS) is 23.7. The molecular formula is C12H12N4O5S. The molecule has 1 aromatic rings. The van der Waals surface area contributed by atoms with Crippen molar-refractivity contribution >= 4 is 35.6 Å². The summed E-state index contributed by atoms with van der Waals surface area (Å²) in [7, 11) is 0. The molecule has 3 N–H and O–H groups in total. The van der Waals surface area contributed by atoms with Crippen LogP contribution in [0.5, 0.6) is 0 Å². The average Bonchev–Trinajstić information content (AvgIpc) is 2.96. The van der Waals surface area contributed by atoms with Crippen molar-refractivity contribution < 1.29 is 24.2 Å². The Balaban J connectivity index is 1.84. The van der Waals surface area contributed by atoms with E-state index in [1.165, 1.54) is 18.7 Å². The van der Waals surface area contributed by atoms with Crippen LogP contribution in [0.1, 0.15) is 6.92 Å². The van der Waals surface area contributed by atoms with Gasteiger partial charge in [-0.3, -0.25) is 14.5 Å². The monoisotopic (exact) mass is 324 g/mol. The minimum atomic E-state index is -1.30. The molecule has 2 atom stereocenters. The molecule has 0 saturated carbocycles. The molecule has 1 unspecified atom stereocenters. The summed E-state index contributed by atoms with van der Waals surface area (Å²) in [4.78, 5) is 42.6. The molecule has 10 heteroatoms. The van der Waals surface area contributed by atoms with E-state index in [2.05, 4.69) is 15.3 Å². The third-order valence-electron chi connectivity index (χ3n) is 3.19. The Bertz CT molecular complexity index is 671. The number of H-pyrrole nitrogens is 1. The Labute approximate surface area is 128 Å². The number of thioether (sulfide) groups is 1. The number of hydrogen-bond acceptors (Lipinski definition) is 7. The van der Waals surface area contributed by atoms with Gasteiger partial charge < -0.3 is 20.1 Å². The number of imidazole rings is 1. The van der Waals surface area contributed by atoms with Crippen LogP contribution in [-0.2, 0) is 19.1 Å². The highest BCUT2D eigenvalue weighted by molar-refractivity contribution is 8.00. The number of fused-ring (bicyclic) bond motifs is 1. The van der Waals surface area contributed by atoms with E-state index in [1.54, 1.807) is 12.4 Å². The molecule has 2 aliphatic rings. The Hall–Kier alpha value is -2.49. The molecule has 116 valence electrons. The fraction of sp³-hybridized carbons (Fsp3) is 0.333. The molecule has 1 saturated heterocycles. The highest BCUT2D eigenvalue weighted by Crippen LogP contribution is 2.41. The van der Waals surface area contributed by atoms with E-state index in [1.807, 2.05) is 0 Å². The van der Waals surface area contributed by atoms with Crippen LogP contribution in [0, 0.1) is 0 Å². The molecule has 3 rings (SSSR count). The highest BCUT2D eigenvalue weighted by atomic mass is 32.2. The smallest absolute Gasteiger partial charge is 0.356 e. The van der Waals surface area contributed by atoms with E-state index in [4.69, 9.17) is 4.74 Å². The van der Waals surface area contributed by atoms with Crippen LogP contribution in [0.15, 0.2) is 23.8 Å². The maximum Gasteiger partial charge on any atom is 0.356 e. The van der Waals surface area contributed by atoms with Gasteiger partial charge in [-0.05, 0) is 0 Å². The SMILES string of the molecule is CC(=O)OC1=C(C(=O)O)N2C(=O)C(Nc3ncc[nH]3)[C@H]2SC1. The zero-order valence-electron chi connectivity index (χ0n) is 11.4. The molecule has 2 aliphatic heterocycles. The van der Waals surface area contributed by atoms with Crippen molar-refractivity contribution in [2.45, 2.75) is 18.3 Å². The fourth-order valence-corrected chi connectivity index (χ4v) is 3.59. The second-order valence-electron chi connectivity index (χ2n) is 4.64. The van der Waals surface area contributed by atoms with E-state index in [9.17, 15) is 19.5 Å². The number of anilines is 1. The lowest BCUT2D eigenvalue weighted by Crippen LogP contribution is -2.67. The van der Waals surface area contributed by atoms with Gasteiger partial charge in [-0.15, -0.1) is 11.8 Å². The van der Waals surface area contributed by atoms with Crippen molar-refractivity contribution in [2.75, 3.05) is 11.1 Å². The van der Waals surface area contributed by atoms with Crippen molar-refractivity contribution in [1.82, 2.24) is 14.9 Å². The van der Waals surface area contributed by atoms with Gasteiger partial charge >= 0.3 is 11.9 Å². The van der Waals surface area contributed by atoms with Crippen molar-refractivity contribution in [3.8, 4) is 0 Å². The van der Waals surface area contributed by atoms with Crippen LogP contribution in [0.25, 0.3) is 0 Å². The lowest BCUT2D eigenvalue weighted by atomic mass is 10.1. The van der Waals surface area contributed by atoms with Crippen molar-refractivity contribution in [2.24, 2.45) is 0 Å². The number of nitrogens with one attached hydrogen (secondary N) is 2. The van der Waals surface area contributed by atoms with E-state index < -0.39 is 23.9 Å². The summed E-state index contributed by atoms with van der Waals surface area (Å²) in [5.41, 5.74) is -0.276. The van der Waals surface area contributed by atoms with Crippen LogP contribution in [0.2, 0.25) is 0 Å². The maximum atomic E-state index is 12.2. The number of carboxylic acid groups (broad SMARTS) is 1. The second-order valence-corrected chi connectivity index (χ2v) is 5.75. The van der Waals surface area contributed by atoms with E-state index in [-0.39, 0.29) is 22.6 Å². The number of aliphatic carboxylic acids is 1. The molecular weight excluding hydrogens is 312 g/mol. The summed E-state index contributed by atoms with van der Waals surface area (Å²) in [5, 5.41) is 11.8. The quantitative estimate of drug-likeness (QED) is 0.521. The van der Waals surface area contributed by atoms with Gasteiger partial charge in [-0.25, -0.2) is 9.78 Å². The van der Waals surface area contributed by atoms with Crippen LogP contribution in [0.4, 0.5) is 5.95 Å². The zero-order chi connectivity index (χ0) is 15.9. The molecule has 0 bridgehead atoms. The van der Waals surface area contributed by atoms with E-state index >= 15 is 0 Å². The molecule has 0 radical (unpaired) electrons. The van der Waals surface area contributed by atoms with Gasteiger partial charge in [0.1, 0.15) is 17.2 Å². The Morgan fingerprint density at radius 1 is 1.59 bits per heavy atom. The lowest BCUT2D eigenvalue weighted by Gasteiger charge is -2.48. The van der Waals surface area contributed by atoms with Crippen molar-refractivity contribution in [3.63, 3.8) is 0 Å². The zero-order valence-corrected chi connectivity index (χ0v) is 12.2. The number of carbonyl (C=O) groups excluding carboxylic acids is 2. The van der Waals surface area contributed by atoms with Crippen molar-refractivity contribution in [1.29, 1.82) is 0 Å². The molecule has 0 spiro atoms. The predicted octanol–water partition coefficient (Wildman–Crippen LogP) is -0.0354. The number of aromatic nitrogens is 2. The van der Waals surface area contributed by atoms with Gasteiger partial charge in [0.15, 0.2) is 5.70 Å². The Morgan fingerprint density at radius 3 is 2.95 bits per heavy atom. The van der Waals surface area contributed by atoms with Gasteiger partial charge in [0.05, 0.1) is 5.75 Å². The number of hydrogen-bond donors (Lipinski definition) is 3. The van der Waals surface area contributed by atoms with Crippen molar-refractivity contribution in [3.05, 3.63) is 23.8 Å². The first kappa shape index (κ1) is 14.4. The number of carboxylic acids is 1. The van der Waals surface area contributed by atoms with Gasteiger partial charge in [0, 0.05) is 19.3 Å². The summed E-state index contributed by atoms with van der Waals surface area (Å²) >= 11 is 1.32. The summed E-state index contributed by atoms with van der Waals surface area (Å²) in [5.74, 6) is -1.70. The average molecular weight is 324 g/mol. The van der Waals surface area contributed by atoms with Crippen LogP contribution in [-0.4, -0.2) is 55.0 Å². The molecule has 0 aliphatic carbocycles. The van der Waals surface area contributed by atoms with Gasteiger partial charge in [-0.1, -0.05) is 0 Å². The van der Waals surface area contributed by atoms with Gasteiger partial charge in [0.2, 0.25) is 5.95 Å². The maximum absolute atomic E-state index is 12.2. The number of esters is 1. The van der Waals surface area contributed by atoms with Crippen LogP contribution < -0.4 is 5.32 Å². The largest absolute Gasteiger partial charge is 0.476 e. The number of nitrogens with zero attached hydrogens (tertiary/aromatic N) is 2. The summed E-state index contributed by atoms with van der Waals surface area (Å²) in [6.07, 6.45) is 3.15. The van der Waals surface area contributed by atoms with Gasteiger partial charge in [-0.2, -0.15) is 0 Å². The summed E-state index contributed by atoms with van der Waals surface area (Å²) < 4.78 is 4.91. The third-order valence-corrected chi connectivity index (χ3v) is 4.45. The molecule has 1 amide bonds. The molecule has 0 aromatic carbocycles. The van der Waals surface area contributed by atoms with Crippen LogP contribution in [0.3, 0.4) is 0 Å². The van der Waals surface area contributed by atoms with Gasteiger partial charge in [0.25, 0.3) is 5.91 Å². The first-order valence-corrected chi connectivity index (χ1v) is 7.39. The molecule has 1 fully saturated rings. The molecule has 3 heterocycles. The number of aromatic amines is 1. The lowest BCUT2D eigenvalue weighted by molar-refractivity contribution is -0.148. The highest BCUT2D eigenvalue weighted by Gasteiger charge is 2.54. The van der Waals surface area contributed by atoms with E-state index in [0.717, 1.165) is 4.90 Å². The molecule has 22 heavy (non-hydrogen) atoms. The second kappa shape index (κ2) is 5.37. The standard InChI is InChI=1S/C12H12N4O5S/c1-5(17)21-6-4-22-10-7(15-12-13-2-3-14-12)9(18)16(10)8(6)11(19)20/h2-3,7,10H,4H2,1H3,(H,19,20)(H2,13,14,15)/t7?,10-/m1/s1. The number of rotatable bonds is 4. The summed E-state index contributed by atoms with van der Waals surface area (Å²) in [6.45, 7) is 1.18. The summed E-state index contributed by atoms with van der Waals surface area (Å²) in [6, 6.07) is -0.579. The number of ether oxygens (including phenoxy) is 1. The minimum Gasteiger partial charge on any atom is -0.476 e. The number of β-lactam (4-membered cyclic amide) rings is 1. The molecule has 9 nitrogen and oxygen atoms in total. The number of carbonyl (C=O) groups is 3.